The van der Waals surface area contributed by atoms with E-state index in [-0.39, 0.29) is 0 Å². The molecule has 6 heteroatoms. The third kappa shape index (κ3) is 3.12. The van der Waals surface area contributed by atoms with Gasteiger partial charge in [0.25, 0.3) is 0 Å². The number of piperidine rings is 1. The summed E-state index contributed by atoms with van der Waals surface area (Å²) in [6.45, 7) is 3.06. The summed E-state index contributed by atoms with van der Waals surface area (Å²) in [5.41, 5.74) is 0. The van der Waals surface area contributed by atoms with E-state index in [1.165, 1.54) is 12.8 Å². The van der Waals surface area contributed by atoms with Crippen LogP contribution in [0.2, 0.25) is 0 Å². The van der Waals surface area contributed by atoms with E-state index in [4.69, 9.17) is 0 Å². The van der Waals surface area contributed by atoms with E-state index in [1.807, 2.05) is 23.1 Å². The Balaban J connectivity index is 1.66. The Hall–Kier alpha value is -1.43. The minimum absolute atomic E-state index is 0.612. The number of rotatable bonds is 3. The highest BCUT2D eigenvalue weighted by molar-refractivity contribution is 9.10. The molecule has 100 valence electrons. The third-order valence-electron chi connectivity index (χ3n) is 3.47. The fraction of sp³-hybridized carbons (Fsp3) is 0.462. The van der Waals surface area contributed by atoms with E-state index in [1.54, 1.807) is 6.20 Å². The van der Waals surface area contributed by atoms with Crippen molar-refractivity contribution < 1.29 is 0 Å². The highest BCUT2D eigenvalue weighted by Gasteiger charge is 2.21. The number of anilines is 1. The van der Waals surface area contributed by atoms with Crippen molar-refractivity contribution in [3.05, 3.63) is 35.2 Å². The van der Waals surface area contributed by atoms with E-state index < -0.39 is 0 Å². The van der Waals surface area contributed by atoms with Gasteiger partial charge in [-0.15, -0.1) is 5.10 Å². The first-order chi connectivity index (χ1) is 9.31. The summed E-state index contributed by atoms with van der Waals surface area (Å²) in [6, 6.07) is 4.12. The zero-order chi connectivity index (χ0) is 13.1. The molecule has 1 aliphatic rings. The summed E-state index contributed by atoms with van der Waals surface area (Å²) in [4.78, 5) is 6.84. The van der Waals surface area contributed by atoms with Crippen LogP contribution >= 0.6 is 15.9 Å². The van der Waals surface area contributed by atoms with Gasteiger partial charge in [0, 0.05) is 36.5 Å². The number of hydrogen-bond donors (Lipinski definition) is 0. The molecule has 2 aromatic rings. The van der Waals surface area contributed by atoms with Crippen LogP contribution in [0.4, 0.5) is 5.82 Å². The normalized spacial score (nSPS) is 19.6. The molecule has 1 saturated heterocycles. The maximum absolute atomic E-state index is 4.48. The lowest BCUT2D eigenvalue weighted by atomic mass is 9.98. The van der Waals surface area contributed by atoms with Gasteiger partial charge in [0.2, 0.25) is 0 Å². The summed E-state index contributed by atoms with van der Waals surface area (Å²) < 4.78 is 2.94. The Morgan fingerprint density at radius 2 is 2.32 bits per heavy atom. The van der Waals surface area contributed by atoms with Gasteiger partial charge in [-0.05, 0) is 46.8 Å². The molecular weight excluding hydrogens is 306 g/mol. The molecule has 0 spiro atoms. The summed E-state index contributed by atoms with van der Waals surface area (Å²) in [5.74, 6) is 1.67. The van der Waals surface area contributed by atoms with Crippen LogP contribution in [-0.4, -0.2) is 33.1 Å². The summed E-state index contributed by atoms with van der Waals surface area (Å²) in [6.07, 6.45) is 7.97. The first-order valence-corrected chi connectivity index (χ1v) is 7.31. The molecule has 0 radical (unpaired) electrons. The van der Waals surface area contributed by atoms with Crippen LogP contribution in [0.1, 0.15) is 12.8 Å². The Morgan fingerprint density at radius 1 is 1.37 bits per heavy atom. The predicted molar refractivity (Wildman–Crippen MR) is 76.9 cm³/mol. The van der Waals surface area contributed by atoms with Gasteiger partial charge >= 0.3 is 0 Å². The molecule has 0 saturated carbocycles. The van der Waals surface area contributed by atoms with E-state index in [0.717, 1.165) is 29.9 Å². The Labute approximate surface area is 120 Å². The molecule has 0 amide bonds. The molecule has 0 N–H and O–H groups in total. The highest BCUT2D eigenvalue weighted by atomic mass is 79.9. The number of halogens is 1. The number of hydrogen-bond acceptors (Lipinski definition) is 4. The van der Waals surface area contributed by atoms with Gasteiger partial charge in [0.15, 0.2) is 0 Å². The van der Waals surface area contributed by atoms with Crippen LogP contribution in [0.5, 0.6) is 0 Å². The average molecular weight is 322 g/mol. The van der Waals surface area contributed by atoms with Crippen LogP contribution < -0.4 is 4.90 Å². The van der Waals surface area contributed by atoms with Crippen molar-refractivity contribution in [3.8, 4) is 0 Å². The number of nitrogens with zero attached hydrogens (tertiary/aromatic N) is 5. The van der Waals surface area contributed by atoms with Gasteiger partial charge in [-0.25, -0.2) is 4.98 Å². The maximum atomic E-state index is 4.48. The van der Waals surface area contributed by atoms with Crippen molar-refractivity contribution in [2.45, 2.75) is 19.4 Å². The second-order valence-electron chi connectivity index (χ2n) is 4.91. The number of pyridine rings is 1. The Morgan fingerprint density at radius 3 is 3.05 bits per heavy atom. The molecule has 0 unspecified atom stereocenters. The molecule has 0 aliphatic carbocycles. The molecule has 0 bridgehead atoms. The van der Waals surface area contributed by atoms with Crippen LogP contribution in [0.25, 0.3) is 0 Å². The summed E-state index contributed by atoms with van der Waals surface area (Å²) in [5, 5.41) is 7.90. The van der Waals surface area contributed by atoms with Crippen LogP contribution in [0.15, 0.2) is 35.2 Å². The van der Waals surface area contributed by atoms with Crippen molar-refractivity contribution in [3.63, 3.8) is 0 Å². The van der Waals surface area contributed by atoms with E-state index >= 15 is 0 Å². The van der Waals surface area contributed by atoms with Gasteiger partial charge in [-0.2, -0.15) is 0 Å². The largest absolute Gasteiger partial charge is 0.356 e. The molecular formula is C13H16BrN5. The van der Waals surface area contributed by atoms with Crippen molar-refractivity contribution in [1.29, 1.82) is 0 Å². The van der Waals surface area contributed by atoms with E-state index in [2.05, 4.69) is 42.2 Å². The van der Waals surface area contributed by atoms with Crippen molar-refractivity contribution >= 4 is 21.7 Å². The fourth-order valence-corrected chi connectivity index (χ4v) is 2.81. The van der Waals surface area contributed by atoms with Crippen LogP contribution in [0, 0.1) is 5.92 Å². The molecule has 3 heterocycles. The molecule has 1 aliphatic heterocycles. The first kappa shape index (κ1) is 12.6. The van der Waals surface area contributed by atoms with Crippen molar-refractivity contribution in [2.24, 2.45) is 5.92 Å². The van der Waals surface area contributed by atoms with Gasteiger partial charge in [-0.3, -0.25) is 4.68 Å². The summed E-state index contributed by atoms with van der Waals surface area (Å²) in [7, 11) is 0. The molecule has 1 fully saturated rings. The highest BCUT2D eigenvalue weighted by Crippen LogP contribution is 2.23. The van der Waals surface area contributed by atoms with Crippen molar-refractivity contribution in [2.75, 3.05) is 18.0 Å². The standard InChI is InChI=1S/C13H16BrN5/c14-12-3-4-13(15-8-12)18-6-1-2-11(9-18)10-19-7-5-16-17-19/h3-5,7-8,11H,1-2,6,9-10H2/t11-/m0/s1. The Kier molecular flexibility index (Phi) is 3.77. The maximum Gasteiger partial charge on any atom is 0.128 e. The van der Waals surface area contributed by atoms with E-state index in [9.17, 15) is 0 Å². The second kappa shape index (κ2) is 5.69. The molecule has 5 nitrogen and oxygen atoms in total. The minimum atomic E-state index is 0.612. The lowest BCUT2D eigenvalue weighted by molar-refractivity contribution is 0.347. The predicted octanol–water partition coefficient (Wildman–Crippen LogP) is 2.35. The molecule has 19 heavy (non-hydrogen) atoms. The van der Waals surface area contributed by atoms with Gasteiger partial charge in [0.05, 0.1) is 6.20 Å². The lowest BCUT2D eigenvalue weighted by Crippen LogP contribution is -2.37. The van der Waals surface area contributed by atoms with Crippen LogP contribution in [-0.2, 0) is 6.54 Å². The summed E-state index contributed by atoms with van der Waals surface area (Å²) >= 11 is 3.42. The average Bonchev–Trinajstić information content (AvgIpc) is 2.93. The van der Waals surface area contributed by atoms with Gasteiger partial charge in [-0.1, -0.05) is 5.21 Å². The number of aromatic nitrogens is 4. The molecule has 1 atom stereocenters. The first-order valence-electron chi connectivity index (χ1n) is 6.52. The minimum Gasteiger partial charge on any atom is -0.356 e. The van der Waals surface area contributed by atoms with Crippen molar-refractivity contribution in [1.82, 2.24) is 20.0 Å². The quantitative estimate of drug-likeness (QED) is 0.870. The van der Waals surface area contributed by atoms with Crippen LogP contribution in [0.3, 0.4) is 0 Å². The van der Waals surface area contributed by atoms with E-state index in [0.29, 0.717) is 5.92 Å². The fourth-order valence-electron chi connectivity index (χ4n) is 2.57. The monoisotopic (exact) mass is 321 g/mol. The zero-order valence-electron chi connectivity index (χ0n) is 10.6. The lowest BCUT2D eigenvalue weighted by Gasteiger charge is -2.33. The van der Waals surface area contributed by atoms with Gasteiger partial charge in [0.1, 0.15) is 5.82 Å². The molecule has 0 aromatic carbocycles. The third-order valence-corrected chi connectivity index (χ3v) is 3.94. The Bertz CT molecular complexity index is 510. The SMILES string of the molecule is Brc1ccc(N2CCC[C@H](Cn3ccnn3)C2)nc1. The topological polar surface area (TPSA) is 46.8 Å². The second-order valence-corrected chi connectivity index (χ2v) is 5.83. The smallest absolute Gasteiger partial charge is 0.128 e. The van der Waals surface area contributed by atoms with Gasteiger partial charge < -0.3 is 4.90 Å². The zero-order valence-corrected chi connectivity index (χ0v) is 12.2. The molecule has 3 rings (SSSR count). The molecule has 2 aromatic heterocycles.